The number of nitrogens with zero attached hydrogens (tertiary/aromatic N) is 2. The van der Waals surface area contributed by atoms with Crippen molar-refractivity contribution in [1.29, 1.82) is 0 Å². The van der Waals surface area contributed by atoms with E-state index in [1.54, 1.807) is 23.1 Å². The molecule has 3 aliphatic heterocycles. The number of piperidine rings is 1. The number of amides is 6. The van der Waals surface area contributed by atoms with Crippen LogP contribution in [0.1, 0.15) is 78.3 Å². The van der Waals surface area contributed by atoms with Crippen LogP contribution in [0, 0.1) is 5.92 Å². The molecule has 0 aromatic heterocycles. The molecule has 0 saturated carbocycles. The van der Waals surface area contributed by atoms with Gasteiger partial charge in [0.2, 0.25) is 17.7 Å². The van der Waals surface area contributed by atoms with Gasteiger partial charge in [-0.2, -0.15) is 0 Å². The molecule has 2 aromatic carbocycles. The summed E-state index contributed by atoms with van der Waals surface area (Å²) in [7, 11) is 0. The maximum absolute atomic E-state index is 13.1. The minimum absolute atomic E-state index is 0.0640. The molecular weight excluding hydrogens is 566 g/mol. The first-order valence-corrected chi connectivity index (χ1v) is 14.8. The summed E-state index contributed by atoms with van der Waals surface area (Å²) in [6.07, 6.45) is 0.909. The fraction of sp³-hybridized carbons (Fsp3) is 0.438. The normalized spacial score (nSPS) is 20.0. The zero-order valence-electron chi connectivity index (χ0n) is 25.1. The Bertz CT molecular complexity index is 1510. The molecule has 2 saturated heterocycles. The van der Waals surface area contributed by atoms with Gasteiger partial charge in [-0.25, -0.2) is 4.79 Å². The Balaban J connectivity index is 1.11. The Labute approximate surface area is 255 Å². The fourth-order valence-corrected chi connectivity index (χ4v) is 5.66. The summed E-state index contributed by atoms with van der Waals surface area (Å²) >= 11 is 0. The van der Waals surface area contributed by atoms with Crippen molar-refractivity contribution in [1.82, 2.24) is 20.4 Å². The molecule has 3 N–H and O–H groups in total. The molecule has 12 heteroatoms. The number of likely N-dealkylation sites (tertiary alicyclic amines) is 1. The van der Waals surface area contributed by atoms with E-state index < -0.39 is 35.3 Å². The van der Waals surface area contributed by atoms with Crippen molar-refractivity contribution in [3.05, 3.63) is 64.7 Å². The lowest BCUT2D eigenvalue weighted by atomic mass is 10.0. The average Bonchev–Trinajstić information content (AvgIpc) is 3.53. The third-order valence-corrected chi connectivity index (χ3v) is 7.83. The van der Waals surface area contributed by atoms with Gasteiger partial charge in [0.15, 0.2) is 0 Å². The number of benzene rings is 2. The number of carbonyl (C=O) groups is 6. The quantitative estimate of drug-likeness (QED) is 0.389. The third kappa shape index (κ3) is 7.07. The lowest BCUT2D eigenvalue weighted by molar-refractivity contribution is -0.136. The molecule has 2 atom stereocenters. The molecule has 44 heavy (non-hydrogen) atoms. The van der Waals surface area contributed by atoms with Crippen LogP contribution in [-0.4, -0.2) is 70.2 Å². The van der Waals surface area contributed by atoms with Gasteiger partial charge >= 0.3 is 6.09 Å². The zero-order chi connectivity index (χ0) is 31.6. The molecule has 0 radical (unpaired) electrons. The van der Waals surface area contributed by atoms with Crippen molar-refractivity contribution in [2.24, 2.45) is 5.92 Å². The molecule has 2 aromatic rings. The Hall–Kier alpha value is -4.74. The number of anilines is 1. The summed E-state index contributed by atoms with van der Waals surface area (Å²) in [6.45, 7) is 7.36. The van der Waals surface area contributed by atoms with Gasteiger partial charge in [0.05, 0.1) is 11.1 Å². The second-order valence-electron chi connectivity index (χ2n) is 12.4. The van der Waals surface area contributed by atoms with E-state index in [9.17, 15) is 28.8 Å². The van der Waals surface area contributed by atoms with E-state index in [1.807, 2.05) is 45.0 Å². The minimum atomic E-state index is -1.01. The summed E-state index contributed by atoms with van der Waals surface area (Å²) in [6, 6.07) is 11.6. The lowest BCUT2D eigenvalue weighted by Gasteiger charge is -2.27. The highest BCUT2D eigenvalue weighted by molar-refractivity contribution is 6.23. The summed E-state index contributed by atoms with van der Waals surface area (Å²) in [5, 5.41) is 8.43. The molecule has 0 bridgehead atoms. The molecule has 3 aliphatic rings. The van der Waals surface area contributed by atoms with E-state index in [2.05, 4.69) is 16.0 Å². The number of imide groups is 2. The van der Waals surface area contributed by atoms with Crippen LogP contribution in [0.5, 0.6) is 0 Å². The smallest absolute Gasteiger partial charge is 0.410 e. The topological polar surface area (TPSA) is 154 Å². The van der Waals surface area contributed by atoms with Crippen molar-refractivity contribution in [2.45, 2.75) is 71.2 Å². The zero-order valence-corrected chi connectivity index (χ0v) is 25.1. The third-order valence-electron chi connectivity index (χ3n) is 7.83. The number of rotatable bonds is 8. The monoisotopic (exact) mass is 603 g/mol. The Morgan fingerprint density at radius 1 is 0.955 bits per heavy atom. The maximum atomic E-state index is 13.1. The van der Waals surface area contributed by atoms with Crippen LogP contribution < -0.4 is 16.0 Å². The minimum Gasteiger partial charge on any atom is -0.444 e. The number of hydrogen-bond acceptors (Lipinski definition) is 8. The summed E-state index contributed by atoms with van der Waals surface area (Å²) in [5.41, 5.74) is 2.38. The number of ether oxygens (including phenoxy) is 1. The molecule has 5 rings (SSSR count). The number of carbonyl (C=O) groups excluding carboxylic acids is 6. The van der Waals surface area contributed by atoms with Crippen molar-refractivity contribution in [2.75, 3.05) is 18.4 Å². The standard InChI is InChI=1S/C32H37N5O7/c1-32(2,3)44-31(43)36-12-11-21(18-36)14-27(39)34-17-20-6-4-5-19(13-20)16-33-22-7-8-23-24(15-22)30(42)37(29(23)41)25-9-10-26(38)35-28(25)40/h4-8,13,15,21,25,33H,9-12,14,16-18H2,1-3H3,(H,34,39)(H,35,38,40)/t21-,25?/m0/s1. The lowest BCUT2D eigenvalue weighted by Crippen LogP contribution is -2.54. The molecule has 1 unspecified atom stereocenters. The van der Waals surface area contributed by atoms with Gasteiger partial charge in [0, 0.05) is 44.7 Å². The molecule has 3 heterocycles. The largest absolute Gasteiger partial charge is 0.444 e. The van der Waals surface area contributed by atoms with Crippen molar-refractivity contribution in [3.63, 3.8) is 0 Å². The summed E-state index contributed by atoms with van der Waals surface area (Å²) in [4.78, 5) is 77.3. The van der Waals surface area contributed by atoms with E-state index >= 15 is 0 Å². The number of hydrogen-bond donors (Lipinski definition) is 3. The van der Waals surface area contributed by atoms with Gasteiger partial charge in [-0.3, -0.25) is 34.2 Å². The molecular formula is C32H37N5O7. The Morgan fingerprint density at radius 3 is 2.41 bits per heavy atom. The van der Waals surface area contributed by atoms with Crippen molar-refractivity contribution in [3.8, 4) is 0 Å². The fourth-order valence-electron chi connectivity index (χ4n) is 5.66. The second kappa shape index (κ2) is 12.5. The molecule has 2 fully saturated rings. The first kappa shape index (κ1) is 30.7. The molecule has 0 aliphatic carbocycles. The predicted octanol–water partition coefficient (Wildman–Crippen LogP) is 2.96. The summed E-state index contributed by atoms with van der Waals surface area (Å²) < 4.78 is 5.43. The molecule has 0 spiro atoms. The highest BCUT2D eigenvalue weighted by Crippen LogP contribution is 2.30. The van der Waals surface area contributed by atoms with Crippen LogP contribution >= 0.6 is 0 Å². The average molecular weight is 604 g/mol. The summed E-state index contributed by atoms with van der Waals surface area (Å²) in [5.74, 6) is -2.16. The highest BCUT2D eigenvalue weighted by Gasteiger charge is 2.44. The first-order valence-electron chi connectivity index (χ1n) is 14.8. The molecule has 232 valence electrons. The van der Waals surface area contributed by atoms with Crippen LogP contribution in [0.4, 0.5) is 10.5 Å². The van der Waals surface area contributed by atoms with Crippen LogP contribution in [0.25, 0.3) is 0 Å². The van der Waals surface area contributed by atoms with E-state index in [4.69, 9.17) is 4.74 Å². The van der Waals surface area contributed by atoms with Crippen LogP contribution in [0.15, 0.2) is 42.5 Å². The van der Waals surface area contributed by atoms with Gasteiger partial charge in [-0.1, -0.05) is 24.3 Å². The van der Waals surface area contributed by atoms with Crippen molar-refractivity contribution < 1.29 is 33.5 Å². The predicted molar refractivity (Wildman–Crippen MR) is 159 cm³/mol. The molecule has 6 amide bonds. The van der Waals surface area contributed by atoms with Crippen LogP contribution in [0.3, 0.4) is 0 Å². The maximum Gasteiger partial charge on any atom is 0.410 e. The van der Waals surface area contributed by atoms with E-state index in [1.165, 1.54) is 0 Å². The molecule has 12 nitrogen and oxygen atoms in total. The first-order chi connectivity index (χ1) is 20.9. The van der Waals surface area contributed by atoms with Crippen LogP contribution in [0.2, 0.25) is 0 Å². The number of nitrogens with one attached hydrogen (secondary N) is 3. The number of fused-ring (bicyclic) bond motifs is 1. The van der Waals surface area contributed by atoms with Gasteiger partial charge in [-0.05, 0) is 68.9 Å². The van der Waals surface area contributed by atoms with Gasteiger partial charge in [0.1, 0.15) is 11.6 Å². The van der Waals surface area contributed by atoms with Gasteiger partial charge in [-0.15, -0.1) is 0 Å². The van der Waals surface area contributed by atoms with Gasteiger partial charge < -0.3 is 20.3 Å². The van der Waals surface area contributed by atoms with E-state index in [0.717, 1.165) is 22.4 Å². The Morgan fingerprint density at radius 2 is 1.68 bits per heavy atom. The Kier molecular flexibility index (Phi) is 8.70. The van der Waals surface area contributed by atoms with Crippen LogP contribution in [-0.2, 0) is 32.2 Å². The second-order valence-corrected chi connectivity index (χ2v) is 12.4. The SMILES string of the molecule is CC(C)(C)OC(=O)N1CC[C@@H](CC(=O)NCc2cccc(CNc3ccc4c(c3)C(=O)N(C3CCC(=O)NC3=O)C4=O)c2)C1. The van der Waals surface area contributed by atoms with E-state index in [0.29, 0.717) is 38.3 Å². The highest BCUT2D eigenvalue weighted by atomic mass is 16.6. The van der Waals surface area contributed by atoms with E-state index in [-0.39, 0.29) is 41.9 Å². The van der Waals surface area contributed by atoms with Crippen molar-refractivity contribution >= 4 is 41.3 Å². The van der Waals surface area contributed by atoms with Gasteiger partial charge in [0.25, 0.3) is 11.8 Å².